The summed E-state index contributed by atoms with van der Waals surface area (Å²) in [6, 6.07) is 18.8. The molecule has 0 heterocycles. The molecule has 0 aromatic heterocycles. The van der Waals surface area contributed by atoms with Crippen LogP contribution in [0.2, 0.25) is 0 Å². The van der Waals surface area contributed by atoms with Crippen LogP contribution in [0.1, 0.15) is 60.1 Å². The maximum atomic E-state index is 13.1. The van der Waals surface area contributed by atoms with Gasteiger partial charge in [-0.05, 0) is 77.3 Å². The number of alkyl halides is 6. The highest BCUT2D eigenvalue weighted by atomic mass is 19.4. The largest absolute Gasteiger partial charge is 0.463 e. The molecule has 3 nitrogen and oxygen atoms in total. The number of rotatable bonds is 10. The molecule has 0 fully saturated rings. The van der Waals surface area contributed by atoms with E-state index in [4.69, 9.17) is 4.74 Å². The summed E-state index contributed by atoms with van der Waals surface area (Å²) in [5.74, 6) is 0. The second-order valence-corrected chi connectivity index (χ2v) is 10.1. The topological polar surface area (TPSA) is 46.5 Å². The van der Waals surface area contributed by atoms with Crippen LogP contribution in [0.15, 0.2) is 66.7 Å². The van der Waals surface area contributed by atoms with Crippen molar-refractivity contribution in [3.8, 4) is 11.1 Å². The molecule has 3 aromatic rings. The average Bonchev–Trinajstić information content (AvgIpc) is 2.91. The predicted molar refractivity (Wildman–Crippen MR) is 146 cm³/mol. The number of hydrogen-bond donors (Lipinski definition) is 1. The molecule has 0 saturated heterocycles. The van der Waals surface area contributed by atoms with Crippen molar-refractivity contribution in [1.82, 2.24) is 0 Å². The summed E-state index contributed by atoms with van der Waals surface area (Å²) in [5, 5.41) is 9.47. The van der Waals surface area contributed by atoms with Gasteiger partial charge >= 0.3 is 12.4 Å². The Morgan fingerprint density at radius 3 is 1.78 bits per heavy atom. The van der Waals surface area contributed by atoms with E-state index in [0.29, 0.717) is 31.0 Å². The lowest BCUT2D eigenvalue weighted by molar-refractivity contribution is -0.347. The minimum atomic E-state index is -5.92. The van der Waals surface area contributed by atoms with Crippen molar-refractivity contribution in [2.75, 3.05) is 0 Å². The molecule has 0 bridgehead atoms. The van der Waals surface area contributed by atoms with Gasteiger partial charge in [-0.15, -0.1) is 0 Å². The van der Waals surface area contributed by atoms with E-state index < -0.39 is 23.4 Å². The number of halogens is 6. The monoisotopic (exact) mass is 578 g/mol. The molecule has 9 heteroatoms. The van der Waals surface area contributed by atoms with Crippen molar-refractivity contribution < 1.29 is 41.0 Å². The first kappa shape index (κ1) is 31.9. The zero-order valence-corrected chi connectivity index (χ0v) is 23.2. The predicted octanol–water partition coefficient (Wildman–Crippen LogP) is 8.62. The summed E-state index contributed by atoms with van der Waals surface area (Å²) in [6.07, 6.45) is -10.0. The summed E-state index contributed by atoms with van der Waals surface area (Å²) in [7, 11) is 0. The molecule has 0 aliphatic heterocycles. The first-order chi connectivity index (χ1) is 19.1. The molecule has 0 aliphatic carbocycles. The number of benzene rings is 3. The molecule has 0 spiro atoms. The summed E-state index contributed by atoms with van der Waals surface area (Å²) in [5.41, 5.74) is 1.02. The van der Waals surface area contributed by atoms with Crippen LogP contribution in [0.4, 0.5) is 26.3 Å². The van der Waals surface area contributed by atoms with Crippen molar-refractivity contribution >= 4 is 12.5 Å². The molecule has 0 saturated carbocycles. The van der Waals surface area contributed by atoms with Crippen LogP contribution in [0, 0.1) is 13.8 Å². The van der Waals surface area contributed by atoms with E-state index in [2.05, 4.69) is 6.07 Å². The number of hydrogen-bond acceptors (Lipinski definition) is 3. The Balaban J connectivity index is 1.98. The van der Waals surface area contributed by atoms with E-state index in [1.807, 2.05) is 57.2 Å². The summed E-state index contributed by atoms with van der Waals surface area (Å²) in [4.78, 5) is 10.4. The Bertz CT molecular complexity index is 1370. The van der Waals surface area contributed by atoms with Gasteiger partial charge in [-0.2, -0.15) is 26.3 Å². The fraction of sp³-hybridized carbons (Fsp3) is 0.344. The Morgan fingerprint density at radius 2 is 1.32 bits per heavy atom. The van der Waals surface area contributed by atoms with Crippen LogP contribution in [0.25, 0.3) is 17.2 Å². The maximum Gasteiger partial charge on any atom is 0.430 e. The van der Waals surface area contributed by atoms with E-state index in [1.54, 1.807) is 19.1 Å². The van der Waals surface area contributed by atoms with Gasteiger partial charge in [0.1, 0.15) is 6.61 Å². The Labute approximate surface area is 235 Å². The van der Waals surface area contributed by atoms with Gasteiger partial charge in [0.25, 0.3) is 12.1 Å². The van der Waals surface area contributed by atoms with Crippen LogP contribution in [-0.4, -0.2) is 29.5 Å². The molecule has 41 heavy (non-hydrogen) atoms. The fourth-order valence-electron chi connectivity index (χ4n) is 5.15. The van der Waals surface area contributed by atoms with E-state index in [0.717, 1.165) is 33.4 Å². The Hall–Kier alpha value is -3.59. The SMILES string of the molecule is CCC(CC)(c1ccc(/C=C/C(O)(C(F)(F)F)C(F)(F)F)c(C)c1)c1ccc(-c2ccc(COC=O)cc2)c(C)c1. The molecule has 0 radical (unpaired) electrons. The van der Waals surface area contributed by atoms with Crippen LogP contribution in [0.5, 0.6) is 0 Å². The van der Waals surface area contributed by atoms with Gasteiger partial charge in [0.2, 0.25) is 0 Å². The summed E-state index contributed by atoms with van der Waals surface area (Å²) >= 11 is 0. The van der Waals surface area contributed by atoms with Crippen molar-refractivity contribution in [3.63, 3.8) is 0 Å². The first-order valence-corrected chi connectivity index (χ1v) is 13.1. The molecule has 0 atom stereocenters. The zero-order chi connectivity index (χ0) is 30.6. The average molecular weight is 579 g/mol. The van der Waals surface area contributed by atoms with E-state index in [-0.39, 0.29) is 18.2 Å². The number of carbonyl (C=O) groups is 1. The highest BCUT2D eigenvalue weighted by Gasteiger charge is 2.68. The van der Waals surface area contributed by atoms with Crippen molar-refractivity contribution in [2.45, 2.75) is 70.5 Å². The number of carbonyl (C=O) groups excluding carboxylic acids is 1. The van der Waals surface area contributed by atoms with Crippen LogP contribution in [-0.2, 0) is 21.6 Å². The van der Waals surface area contributed by atoms with Crippen LogP contribution < -0.4 is 0 Å². The lowest BCUT2D eigenvalue weighted by Gasteiger charge is -2.34. The minimum Gasteiger partial charge on any atom is -0.463 e. The zero-order valence-electron chi connectivity index (χ0n) is 23.2. The van der Waals surface area contributed by atoms with Crippen LogP contribution in [0.3, 0.4) is 0 Å². The molecule has 1 N–H and O–H groups in total. The quantitative estimate of drug-likeness (QED) is 0.194. The molecule has 220 valence electrons. The highest BCUT2D eigenvalue weighted by Crippen LogP contribution is 2.45. The number of ether oxygens (including phenoxy) is 1. The molecular formula is C32H32F6O3. The summed E-state index contributed by atoms with van der Waals surface area (Å²) in [6.45, 7) is 8.26. The van der Waals surface area contributed by atoms with Gasteiger partial charge in [0, 0.05) is 5.41 Å². The maximum absolute atomic E-state index is 13.1. The number of aliphatic hydroxyl groups is 1. The molecule has 3 aromatic carbocycles. The van der Waals surface area contributed by atoms with Crippen molar-refractivity contribution in [2.24, 2.45) is 0 Å². The second kappa shape index (κ2) is 12.1. The van der Waals surface area contributed by atoms with E-state index in [1.165, 1.54) is 6.07 Å². The molecule has 0 amide bonds. The standard InChI is InChI=1S/C32H32F6O3/c1-5-29(6-2,27-13-14-28(22(4)18-27)25-9-7-23(8-10-25)19-41-20-39)26-12-11-24(21(3)17-26)15-16-30(40,31(33,34)35)32(36,37)38/h7-18,20,40H,5-6,19H2,1-4H3/b16-15+. The number of aryl methyl sites for hydroxylation is 2. The lowest BCUT2D eigenvalue weighted by atomic mass is 9.69. The molecular weight excluding hydrogens is 546 g/mol. The Morgan fingerprint density at radius 1 is 0.780 bits per heavy atom. The van der Waals surface area contributed by atoms with Gasteiger partial charge < -0.3 is 9.84 Å². The lowest BCUT2D eigenvalue weighted by Crippen LogP contribution is -2.55. The van der Waals surface area contributed by atoms with Gasteiger partial charge in [-0.25, -0.2) is 0 Å². The Kier molecular flexibility index (Phi) is 9.43. The second-order valence-electron chi connectivity index (χ2n) is 10.1. The van der Waals surface area contributed by atoms with Crippen LogP contribution >= 0.6 is 0 Å². The third-order valence-electron chi connectivity index (χ3n) is 7.76. The molecule has 0 aliphatic rings. The third-order valence-corrected chi connectivity index (χ3v) is 7.76. The van der Waals surface area contributed by atoms with Gasteiger partial charge in [0.15, 0.2) is 0 Å². The molecule has 0 unspecified atom stereocenters. The van der Waals surface area contributed by atoms with Crippen molar-refractivity contribution in [1.29, 1.82) is 0 Å². The van der Waals surface area contributed by atoms with E-state index >= 15 is 0 Å². The minimum absolute atomic E-state index is 0.135. The van der Waals surface area contributed by atoms with Gasteiger partial charge in [-0.3, -0.25) is 4.79 Å². The van der Waals surface area contributed by atoms with Gasteiger partial charge in [-0.1, -0.05) is 80.6 Å². The highest BCUT2D eigenvalue weighted by molar-refractivity contribution is 5.68. The fourth-order valence-corrected chi connectivity index (χ4v) is 5.15. The van der Waals surface area contributed by atoms with E-state index in [9.17, 15) is 36.2 Å². The summed E-state index contributed by atoms with van der Waals surface area (Å²) < 4.78 is 83.4. The van der Waals surface area contributed by atoms with Crippen molar-refractivity contribution in [3.05, 3.63) is 100 Å². The normalized spacial score (nSPS) is 13.0. The van der Waals surface area contributed by atoms with Gasteiger partial charge in [0.05, 0.1) is 0 Å². The molecule has 3 rings (SSSR count). The first-order valence-electron chi connectivity index (χ1n) is 13.1. The third kappa shape index (κ3) is 6.35. The smallest absolute Gasteiger partial charge is 0.430 e.